The molecule has 2 aromatic carbocycles. The van der Waals surface area contributed by atoms with Gasteiger partial charge in [0, 0.05) is 23.4 Å². The minimum absolute atomic E-state index is 0.0555. The SMILES string of the molecule is COc1ccc(-c2cc(-c3nnc(SCc4ccc([N+](=O)[O-])cc4)n3N)[nH]n2)cc1. The fourth-order valence-electron chi connectivity index (χ4n) is 2.77. The third kappa shape index (κ3) is 3.96. The van der Waals surface area contributed by atoms with Gasteiger partial charge in [-0.25, -0.2) is 4.68 Å². The molecule has 2 heterocycles. The zero-order valence-corrected chi connectivity index (χ0v) is 16.7. The molecule has 3 N–H and O–H groups in total. The summed E-state index contributed by atoms with van der Waals surface area (Å²) < 4.78 is 6.56. The van der Waals surface area contributed by atoms with Gasteiger partial charge in [0.2, 0.25) is 11.0 Å². The monoisotopic (exact) mass is 423 g/mol. The Bertz CT molecular complexity index is 1170. The Hall–Kier alpha value is -3.86. The Morgan fingerprint density at radius 1 is 1.17 bits per heavy atom. The number of nitrogen functional groups attached to an aromatic ring is 1. The van der Waals surface area contributed by atoms with Crippen LogP contribution in [-0.4, -0.2) is 37.1 Å². The van der Waals surface area contributed by atoms with E-state index in [0.29, 0.717) is 22.4 Å². The van der Waals surface area contributed by atoms with Gasteiger partial charge < -0.3 is 10.6 Å². The van der Waals surface area contributed by atoms with Crippen LogP contribution in [0.2, 0.25) is 0 Å². The number of nitrogens with zero attached hydrogens (tertiary/aromatic N) is 5. The van der Waals surface area contributed by atoms with Crippen LogP contribution in [0.1, 0.15) is 5.56 Å². The van der Waals surface area contributed by atoms with E-state index in [4.69, 9.17) is 10.6 Å². The maximum Gasteiger partial charge on any atom is 0.269 e. The van der Waals surface area contributed by atoms with Gasteiger partial charge >= 0.3 is 0 Å². The Morgan fingerprint density at radius 2 is 1.90 bits per heavy atom. The largest absolute Gasteiger partial charge is 0.497 e. The molecule has 0 aliphatic heterocycles. The number of non-ortho nitro benzene ring substituents is 1. The van der Waals surface area contributed by atoms with E-state index in [-0.39, 0.29) is 5.69 Å². The van der Waals surface area contributed by atoms with Gasteiger partial charge in [-0.15, -0.1) is 10.2 Å². The van der Waals surface area contributed by atoms with Gasteiger partial charge in [-0.1, -0.05) is 23.9 Å². The molecule has 0 atom stereocenters. The van der Waals surface area contributed by atoms with Crippen molar-refractivity contribution in [3.05, 3.63) is 70.3 Å². The molecule has 0 aliphatic rings. The predicted octanol–water partition coefficient (Wildman–Crippen LogP) is 3.26. The van der Waals surface area contributed by atoms with Crippen LogP contribution in [0.15, 0.2) is 59.8 Å². The fourth-order valence-corrected chi connectivity index (χ4v) is 3.58. The molecule has 0 fully saturated rings. The lowest BCUT2D eigenvalue weighted by Gasteiger charge is -2.02. The van der Waals surface area contributed by atoms with Crippen molar-refractivity contribution in [1.82, 2.24) is 25.1 Å². The second-order valence-electron chi connectivity index (χ2n) is 6.28. The number of aromatic nitrogens is 5. The standard InChI is InChI=1S/C19H17N7O3S/c1-29-15-8-4-13(5-9-15)16-10-17(22-21-16)18-23-24-19(25(18)20)30-11-12-2-6-14(7-3-12)26(27)28/h2-10H,11,20H2,1H3,(H,21,22). The number of nitrogens with two attached hydrogens (primary N) is 1. The third-order valence-corrected chi connectivity index (χ3v) is 5.40. The minimum Gasteiger partial charge on any atom is -0.497 e. The molecule has 0 saturated heterocycles. The highest BCUT2D eigenvalue weighted by atomic mass is 32.2. The summed E-state index contributed by atoms with van der Waals surface area (Å²) in [6.07, 6.45) is 0. The maximum atomic E-state index is 10.7. The Morgan fingerprint density at radius 3 is 2.57 bits per heavy atom. The van der Waals surface area contributed by atoms with E-state index in [1.807, 2.05) is 30.3 Å². The number of nitro groups is 1. The number of hydrogen-bond acceptors (Lipinski definition) is 8. The van der Waals surface area contributed by atoms with E-state index < -0.39 is 4.92 Å². The lowest BCUT2D eigenvalue weighted by Crippen LogP contribution is -2.11. The average Bonchev–Trinajstić information content (AvgIpc) is 3.39. The average molecular weight is 423 g/mol. The van der Waals surface area contributed by atoms with Crippen LogP contribution in [0.4, 0.5) is 5.69 Å². The molecule has 4 rings (SSSR count). The normalized spacial score (nSPS) is 10.8. The van der Waals surface area contributed by atoms with Crippen molar-refractivity contribution in [2.75, 3.05) is 13.0 Å². The summed E-state index contributed by atoms with van der Waals surface area (Å²) in [5.41, 5.74) is 3.28. The number of H-pyrrole nitrogens is 1. The lowest BCUT2D eigenvalue weighted by atomic mass is 10.1. The van der Waals surface area contributed by atoms with Gasteiger partial charge in [0.1, 0.15) is 11.4 Å². The van der Waals surface area contributed by atoms with Gasteiger partial charge in [-0.05, 0) is 35.9 Å². The summed E-state index contributed by atoms with van der Waals surface area (Å²) in [7, 11) is 1.62. The molecule has 0 spiro atoms. The summed E-state index contributed by atoms with van der Waals surface area (Å²) in [6.45, 7) is 0. The smallest absolute Gasteiger partial charge is 0.269 e. The van der Waals surface area contributed by atoms with Gasteiger partial charge in [-0.3, -0.25) is 15.2 Å². The molecule has 0 amide bonds. The second-order valence-corrected chi connectivity index (χ2v) is 7.23. The van der Waals surface area contributed by atoms with Crippen molar-refractivity contribution in [3.63, 3.8) is 0 Å². The number of methoxy groups -OCH3 is 1. The Balaban J connectivity index is 1.47. The van der Waals surface area contributed by atoms with E-state index >= 15 is 0 Å². The van der Waals surface area contributed by atoms with E-state index in [1.54, 1.807) is 19.2 Å². The molecule has 0 saturated carbocycles. The first-order chi connectivity index (χ1) is 14.5. The number of benzene rings is 2. The maximum absolute atomic E-state index is 10.7. The van der Waals surface area contributed by atoms with Gasteiger partial charge in [0.05, 0.1) is 17.7 Å². The first-order valence-electron chi connectivity index (χ1n) is 8.82. The minimum atomic E-state index is -0.426. The first-order valence-corrected chi connectivity index (χ1v) is 9.80. The topological polar surface area (TPSA) is 138 Å². The van der Waals surface area contributed by atoms with Crippen molar-refractivity contribution in [2.24, 2.45) is 0 Å². The summed E-state index contributed by atoms with van der Waals surface area (Å²) in [5.74, 6) is 7.94. The Labute approximate surface area is 175 Å². The fraction of sp³-hybridized carbons (Fsp3) is 0.105. The quantitative estimate of drug-likeness (QED) is 0.200. The van der Waals surface area contributed by atoms with Crippen molar-refractivity contribution in [2.45, 2.75) is 10.9 Å². The van der Waals surface area contributed by atoms with Gasteiger partial charge in [-0.2, -0.15) is 5.10 Å². The Kier molecular flexibility index (Phi) is 5.35. The molecule has 0 bridgehead atoms. The molecule has 4 aromatic rings. The number of nitro benzene ring substituents is 1. The molecule has 0 radical (unpaired) electrons. The van der Waals surface area contributed by atoms with Crippen LogP contribution < -0.4 is 10.6 Å². The molecular formula is C19H17N7O3S. The predicted molar refractivity (Wildman–Crippen MR) is 112 cm³/mol. The van der Waals surface area contributed by atoms with Crippen LogP contribution in [0.3, 0.4) is 0 Å². The number of rotatable bonds is 7. The molecule has 11 heteroatoms. The van der Waals surface area contributed by atoms with Crippen LogP contribution in [0.25, 0.3) is 22.8 Å². The molecule has 2 aromatic heterocycles. The van der Waals surface area contributed by atoms with Gasteiger partial charge in [0.15, 0.2) is 0 Å². The molecule has 30 heavy (non-hydrogen) atoms. The summed E-state index contributed by atoms with van der Waals surface area (Å²) >= 11 is 1.38. The summed E-state index contributed by atoms with van der Waals surface area (Å²) in [5, 5.41) is 26.8. The van der Waals surface area contributed by atoms with Gasteiger partial charge in [0.25, 0.3) is 5.69 Å². The van der Waals surface area contributed by atoms with E-state index in [9.17, 15) is 10.1 Å². The molecule has 10 nitrogen and oxygen atoms in total. The number of ether oxygens (including phenoxy) is 1. The summed E-state index contributed by atoms with van der Waals surface area (Å²) in [6, 6.07) is 15.8. The van der Waals surface area contributed by atoms with Crippen LogP contribution in [-0.2, 0) is 5.75 Å². The van der Waals surface area contributed by atoms with E-state index in [0.717, 1.165) is 22.6 Å². The van der Waals surface area contributed by atoms with Crippen LogP contribution in [0, 0.1) is 10.1 Å². The van der Waals surface area contributed by atoms with E-state index in [2.05, 4.69) is 20.4 Å². The number of hydrogen-bond donors (Lipinski definition) is 2. The first kappa shape index (κ1) is 19.5. The van der Waals surface area contributed by atoms with Crippen LogP contribution >= 0.6 is 11.8 Å². The third-order valence-electron chi connectivity index (χ3n) is 4.38. The number of thioether (sulfide) groups is 1. The molecule has 0 aliphatic carbocycles. The molecular weight excluding hydrogens is 406 g/mol. The highest BCUT2D eigenvalue weighted by molar-refractivity contribution is 7.98. The van der Waals surface area contributed by atoms with Crippen LogP contribution in [0.5, 0.6) is 5.75 Å². The zero-order valence-electron chi connectivity index (χ0n) is 15.8. The van der Waals surface area contributed by atoms with Crippen molar-refractivity contribution in [1.29, 1.82) is 0 Å². The highest BCUT2D eigenvalue weighted by Crippen LogP contribution is 2.27. The van der Waals surface area contributed by atoms with E-state index in [1.165, 1.54) is 28.6 Å². The second kappa shape index (κ2) is 8.25. The van der Waals surface area contributed by atoms with Crippen molar-refractivity contribution in [3.8, 4) is 28.5 Å². The number of aromatic amines is 1. The molecule has 152 valence electrons. The van der Waals surface area contributed by atoms with Crippen molar-refractivity contribution >= 4 is 17.4 Å². The zero-order chi connectivity index (χ0) is 21.1. The molecule has 0 unspecified atom stereocenters. The highest BCUT2D eigenvalue weighted by Gasteiger charge is 2.15. The van der Waals surface area contributed by atoms with Crippen molar-refractivity contribution < 1.29 is 9.66 Å². The lowest BCUT2D eigenvalue weighted by molar-refractivity contribution is -0.384. The summed E-state index contributed by atoms with van der Waals surface area (Å²) in [4.78, 5) is 10.3. The number of nitrogens with one attached hydrogen (secondary N) is 1.